The molecule has 2 fully saturated rings. The van der Waals surface area contributed by atoms with Crippen molar-refractivity contribution in [1.82, 2.24) is 9.80 Å². The Balaban J connectivity index is 1.34. The Morgan fingerprint density at radius 2 is 1.56 bits per heavy atom. The van der Waals surface area contributed by atoms with Gasteiger partial charge >= 0.3 is 11.9 Å². The number of hydrogen-bond acceptors (Lipinski definition) is 14. The quantitative estimate of drug-likeness (QED) is 0.222. The van der Waals surface area contributed by atoms with Crippen LogP contribution in [0.3, 0.4) is 0 Å². The SMILES string of the molecule is CO[C@H]1/C=C/O[C@@]2(C)Oc3c(C)c(O)c4c(O)c(c5c(c4c3C2=O)=NC2(CCN(CC(C)C)CC2)N=5)NC(=O)/C(C)=C\C=C\[C@H](C)[C@H](O)[C@@H](C)[C@@H](O)[C@@H](C)[C@H](OC(=O)N2CCC(F)(F)CC2)[C@@H]1C. The molecule has 2 amide bonds. The number of likely N-dealkylation sites (tertiary alicyclic amines) is 2. The summed E-state index contributed by atoms with van der Waals surface area (Å²) in [7, 11) is 1.41. The fourth-order valence-corrected chi connectivity index (χ4v) is 10.2. The molecule has 1 spiro atoms. The van der Waals surface area contributed by atoms with E-state index < -0.39 is 108 Å². The van der Waals surface area contributed by atoms with Crippen LogP contribution < -0.4 is 20.8 Å². The number of piperidine rings is 2. The van der Waals surface area contributed by atoms with Crippen molar-refractivity contribution in [2.75, 3.05) is 45.2 Å². The zero-order valence-electron chi connectivity index (χ0n) is 40.6. The minimum Gasteiger partial charge on any atom is -0.507 e. The van der Waals surface area contributed by atoms with Crippen LogP contribution >= 0.6 is 0 Å². The van der Waals surface area contributed by atoms with Crippen molar-refractivity contribution in [3.05, 3.63) is 58.0 Å². The number of hydrogen-bond donors (Lipinski definition) is 5. The molecule has 9 atom stereocenters. The number of aliphatic hydroxyl groups is 2. The standard InChI is InChI=1S/C50H67F2N5O11/c1-25(2)24-56-19-17-50(18-20-56)54-36-33-34-41(60)31(8)44-35(33)45(62)48(9,68-44)66-23-14-32(65-10)28(5)43(67-47(64)57-21-15-49(51,52)16-22-57)30(7)40(59)29(6)39(58)26(3)12-11-13-27(4)46(63)53-38(42(34)61)37(36)55-50/h11-14,23,25-26,28-30,32,39-40,43,58-61H,15-22,24H2,1-10H3,(H,53,63)/b12-11+,23-14+,27-13-/t26-,28+,29+,30+,32-,39-,40+,43+,48-/m0/s1. The Kier molecular flexibility index (Phi) is 14.4. The molecule has 6 heterocycles. The third kappa shape index (κ3) is 9.57. The van der Waals surface area contributed by atoms with Crippen molar-refractivity contribution in [1.29, 1.82) is 0 Å². The second kappa shape index (κ2) is 19.3. The topological polar surface area (TPSA) is 212 Å². The summed E-state index contributed by atoms with van der Waals surface area (Å²) in [5, 5.41) is 50.6. The average molecular weight is 952 g/mol. The molecule has 2 aromatic rings. The molecule has 8 rings (SSSR count). The second-order valence-electron chi connectivity index (χ2n) is 20.1. The average Bonchev–Trinajstić information content (AvgIpc) is 3.79. The molecule has 0 unspecified atom stereocenters. The summed E-state index contributed by atoms with van der Waals surface area (Å²) < 4.78 is 52.6. The molecule has 0 radical (unpaired) electrons. The van der Waals surface area contributed by atoms with Gasteiger partial charge in [-0.15, -0.1) is 0 Å². The highest BCUT2D eigenvalue weighted by Gasteiger charge is 2.50. The van der Waals surface area contributed by atoms with E-state index in [1.165, 1.54) is 44.3 Å². The van der Waals surface area contributed by atoms with E-state index in [0.29, 0.717) is 31.8 Å². The Hall–Kier alpha value is -5.17. The van der Waals surface area contributed by atoms with E-state index in [1.54, 1.807) is 46.8 Å². The minimum atomic E-state index is -2.91. The molecule has 6 aliphatic heterocycles. The maximum absolute atomic E-state index is 14.9. The molecule has 5 N–H and O–H groups in total. The number of ketones is 1. The van der Waals surface area contributed by atoms with Crippen LogP contribution in [0, 0.1) is 36.5 Å². The van der Waals surface area contributed by atoms with Gasteiger partial charge in [-0.2, -0.15) is 0 Å². The van der Waals surface area contributed by atoms with Gasteiger partial charge in [-0.3, -0.25) is 19.6 Å². The van der Waals surface area contributed by atoms with Gasteiger partial charge in [0.05, 0.1) is 40.9 Å². The van der Waals surface area contributed by atoms with E-state index in [2.05, 4.69) is 24.1 Å². The number of fused-ring (bicyclic) bond motifs is 13. The number of nitrogens with one attached hydrogen (secondary N) is 1. The van der Waals surface area contributed by atoms with Gasteiger partial charge in [0.1, 0.15) is 28.6 Å². The number of methoxy groups -OCH3 is 1. The van der Waals surface area contributed by atoms with E-state index in [0.717, 1.165) is 6.54 Å². The Labute approximate surface area is 395 Å². The van der Waals surface area contributed by atoms with Crippen LogP contribution in [0.5, 0.6) is 17.2 Å². The first-order valence-electron chi connectivity index (χ1n) is 23.7. The summed E-state index contributed by atoms with van der Waals surface area (Å²) in [6, 6.07) is 0. The van der Waals surface area contributed by atoms with Crippen molar-refractivity contribution in [2.24, 2.45) is 39.6 Å². The molecule has 68 heavy (non-hydrogen) atoms. The van der Waals surface area contributed by atoms with E-state index in [4.69, 9.17) is 28.9 Å². The molecular formula is C50H67F2N5O11. The highest BCUT2D eigenvalue weighted by molar-refractivity contribution is 6.19. The highest BCUT2D eigenvalue weighted by Crippen LogP contribution is 2.50. The molecular weight excluding hydrogens is 885 g/mol. The predicted octanol–water partition coefficient (Wildman–Crippen LogP) is 6.05. The third-order valence-corrected chi connectivity index (χ3v) is 14.6. The number of rotatable bonds is 4. The van der Waals surface area contributed by atoms with Crippen LogP contribution in [0.2, 0.25) is 0 Å². The number of amides is 2. The molecule has 372 valence electrons. The van der Waals surface area contributed by atoms with Gasteiger partial charge in [0.25, 0.3) is 17.6 Å². The largest absolute Gasteiger partial charge is 0.507 e. The number of carbonyl (C=O) groups excluding carboxylic acids is 3. The van der Waals surface area contributed by atoms with Crippen LogP contribution in [0.4, 0.5) is 19.3 Å². The summed E-state index contributed by atoms with van der Waals surface area (Å²) in [5.41, 5.74) is -0.759. The van der Waals surface area contributed by atoms with Crippen LogP contribution in [0.1, 0.15) is 97.0 Å². The Bertz CT molecular complexity index is 2530. The maximum Gasteiger partial charge on any atom is 0.410 e. The van der Waals surface area contributed by atoms with Gasteiger partial charge in [0, 0.05) is 113 Å². The van der Waals surface area contributed by atoms with E-state index in [9.17, 15) is 43.6 Å². The third-order valence-electron chi connectivity index (χ3n) is 14.6. The lowest BCUT2D eigenvalue weighted by Crippen LogP contribution is -2.49. The number of Topliss-reactive ketones (excluding diaryl/α,β-unsaturated/α-hetero) is 1. The number of phenols is 2. The molecule has 5 bridgehead atoms. The van der Waals surface area contributed by atoms with E-state index >= 15 is 0 Å². The number of aliphatic hydroxyl groups excluding tert-OH is 2. The summed E-state index contributed by atoms with van der Waals surface area (Å²) in [5.74, 6) is -9.64. The monoisotopic (exact) mass is 951 g/mol. The lowest BCUT2D eigenvalue weighted by molar-refractivity contribution is -0.112. The lowest BCUT2D eigenvalue weighted by atomic mass is 9.78. The zero-order chi connectivity index (χ0) is 49.8. The number of allylic oxidation sites excluding steroid dienone is 2. The summed E-state index contributed by atoms with van der Waals surface area (Å²) in [4.78, 5) is 56.3. The molecule has 2 aromatic carbocycles. The van der Waals surface area contributed by atoms with Crippen molar-refractivity contribution < 1.29 is 62.5 Å². The van der Waals surface area contributed by atoms with Gasteiger partial charge in [-0.1, -0.05) is 59.8 Å². The van der Waals surface area contributed by atoms with Crippen LogP contribution in [0.15, 0.2) is 46.1 Å². The molecule has 2 saturated heterocycles. The number of ether oxygens (including phenoxy) is 4. The van der Waals surface area contributed by atoms with Crippen molar-refractivity contribution in [2.45, 2.75) is 130 Å². The first-order valence-corrected chi connectivity index (χ1v) is 23.7. The number of aromatic hydroxyl groups is 2. The number of phenolic OH excluding ortho intramolecular Hbond substituents is 2. The maximum atomic E-state index is 14.9. The smallest absolute Gasteiger partial charge is 0.410 e. The molecule has 0 aliphatic carbocycles. The number of nitrogens with zero attached hydrogens (tertiary/aromatic N) is 4. The Morgan fingerprint density at radius 1 is 0.912 bits per heavy atom. The molecule has 18 heteroatoms. The number of alkyl halides is 2. The Morgan fingerprint density at radius 3 is 2.19 bits per heavy atom. The van der Waals surface area contributed by atoms with Gasteiger partial charge in [0.2, 0.25) is 0 Å². The summed E-state index contributed by atoms with van der Waals surface area (Å²) in [6.07, 6.45) is 2.23. The molecule has 6 aliphatic rings. The van der Waals surface area contributed by atoms with Gasteiger partial charge in [0.15, 0.2) is 11.4 Å². The molecule has 0 saturated carbocycles. The first kappa shape index (κ1) is 50.7. The number of carbonyl (C=O) groups is 3. The van der Waals surface area contributed by atoms with E-state index in [-0.39, 0.29) is 62.7 Å². The number of halogens is 2. The second-order valence-corrected chi connectivity index (χ2v) is 20.1. The first-order chi connectivity index (χ1) is 31.9. The number of benzene rings is 2. The van der Waals surface area contributed by atoms with Crippen LogP contribution in [0.25, 0.3) is 10.8 Å². The van der Waals surface area contributed by atoms with Crippen molar-refractivity contribution in [3.8, 4) is 17.2 Å². The van der Waals surface area contributed by atoms with Gasteiger partial charge in [-0.05, 0) is 25.8 Å². The fourth-order valence-electron chi connectivity index (χ4n) is 10.2. The van der Waals surface area contributed by atoms with Gasteiger partial charge in [-0.25, -0.2) is 13.6 Å². The summed E-state index contributed by atoms with van der Waals surface area (Å²) in [6.45, 7) is 17.3. The molecule has 16 nitrogen and oxygen atoms in total. The number of anilines is 1. The van der Waals surface area contributed by atoms with Crippen LogP contribution in [-0.4, -0.2) is 130 Å². The van der Waals surface area contributed by atoms with Gasteiger partial charge < -0.3 is 54.5 Å². The minimum absolute atomic E-state index is 0.000680. The summed E-state index contributed by atoms with van der Waals surface area (Å²) >= 11 is 0. The fraction of sp³-hybridized carbons (Fsp3) is 0.620. The van der Waals surface area contributed by atoms with Crippen molar-refractivity contribution >= 4 is 34.2 Å². The van der Waals surface area contributed by atoms with Crippen LogP contribution in [-0.2, 0) is 19.0 Å². The normalized spacial score (nSPS) is 32.7. The predicted molar refractivity (Wildman–Crippen MR) is 248 cm³/mol. The zero-order valence-corrected chi connectivity index (χ0v) is 40.6. The van der Waals surface area contributed by atoms with E-state index in [1.807, 2.05) is 0 Å². The highest BCUT2D eigenvalue weighted by atomic mass is 19.3. The molecule has 0 aromatic heterocycles. The van der Waals surface area contributed by atoms with Crippen molar-refractivity contribution in [3.63, 3.8) is 0 Å². The lowest BCUT2D eigenvalue weighted by Gasteiger charge is -2.39.